The van der Waals surface area contributed by atoms with Gasteiger partial charge in [-0.3, -0.25) is 0 Å². The minimum atomic E-state index is 0.335. The number of ether oxygens (including phenoxy) is 1. The monoisotopic (exact) mass is 144 g/mol. The molecular weight excluding hydrogens is 136 g/mol. The molecule has 1 saturated heterocycles. The average Bonchev–Trinajstić information content (AvgIpc) is 2.87. The second kappa shape index (κ2) is 2.41. The van der Waals surface area contributed by atoms with Gasteiger partial charge in [-0.2, -0.15) is 0 Å². The molecule has 0 radical (unpaired) electrons. The quantitative estimate of drug-likeness (QED) is 0.432. The van der Waals surface area contributed by atoms with Gasteiger partial charge in [0.05, 0.1) is 6.61 Å². The molecule has 0 unspecified atom stereocenters. The topological polar surface area (TPSA) is 12.5 Å². The van der Waals surface area contributed by atoms with Crippen LogP contribution in [0.1, 0.15) is 17.2 Å². The molecule has 1 aromatic carbocycles. The smallest absolute Gasteiger partial charge is 0.106 e. The molecule has 1 aliphatic heterocycles. The molecule has 0 aromatic heterocycles. The zero-order valence-corrected chi connectivity index (χ0v) is 6.08. The van der Waals surface area contributed by atoms with Gasteiger partial charge in [0.2, 0.25) is 0 Å². The van der Waals surface area contributed by atoms with Crippen LogP contribution in [0.25, 0.3) is 0 Å². The van der Waals surface area contributed by atoms with E-state index in [9.17, 15) is 0 Å². The zero-order valence-electron chi connectivity index (χ0n) is 6.08. The molecule has 0 N–H and O–H groups in total. The Morgan fingerprint density at radius 1 is 1.36 bits per heavy atom. The Morgan fingerprint density at radius 3 is 2.45 bits per heavy atom. The molecule has 1 atom stereocenters. The first-order chi connectivity index (χ1) is 5.40. The van der Waals surface area contributed by atoms with Gasteiger partial charge in [0.1, 0.15) is 6.10 Å². The lowest BCUT2D eigenvalue weighted by Crippen LogP contribution is -1.80. The van der Waals surface area contributed by atoms with Crippen molar-refractivity contribution in [3.8, 4) is 12.3 Å². The van der Waals surface area contributed by atoms with Gasteiger partial charge in [-0.1, -0.05) is 18.1 Å². The van der Waals surface area contributed by atoms with E-state index in [-0.39, 0.29) is 0 Å². The van der Waals surface area contributed by atoms with Gasteiger partial charge in [-0.15, -0.1) is 6.42 Å². The van der Waals surface area contributed by atoms with Crippen LogP contribution in [0.2, 0.25) is 0 Å². The van der Waals surface area contributed by atoms with Crippen molar-refractivity contribution >= 4 is 0 Å². The van der Waals surface area contributed by atoms with Crippen LogP contribution in [0.15, 0.2) is 24.3 Å². The second-order valence-electron chi connectivity index (χ2n) is 2.59. The van der Waals surface area contributed by atoms with Crippen molar-refractivity contribution in [3.63, 3.8) is 0 Å². The first-order valence-corrected chi connectivity index (χ1v) is 3.58. The SMILES string of the molecule is C#Cc1ccc([C@H]2CO2)cc1. The van der Waals surface area contributed by atoms with E-state index in [2.05, 4.69) is 5.92 Å². The van der Waals surface area contributed by atoms with E-state index in [4.69, 9.17) is 11.2 Å². The van der Waals surface area contributed by atoms with E-state index in [1.165, 1.54) is 5.56 Å². The lowest BCUT2D eigenvalue weighted by Gasteiger charge is -1.94. The fourth-order valence-corrected chi connectivity index (χ4v) is 1.03. The zero-order chi connectivity index (χ0) is 7.68. The second-order valence-corrected chi connectivity index (χ2v) is 2.59. The highest BCUT2D eigenvalue weighted by Gasteiger charge is 2.23. The van der Waals surface area contributed by atoms with Crippen LogP contribution in [0, 0.1) is 12.3 Å². The third kappa shape index (κ3) is 1.26. The van der Waals surface area contributed by atoms with E-state index < -0.39 is 0 Å². The van der Waals surface area contributed by atoms with Crippen LogP contribution in [-0.2, 0) is 4.74 Å². The molecule has 1 heterocycles. The summed E-state index contributed by atoms with van der Waals surface area (Å²) >= 11 is 0. The molecule has 2 rings (SSSR count). The number of hydrogen-bond donors (Lipinski definition) is 0. The lowest BCUT2D eigenvalue weighted by atomic mass is 10.1. The Balaban J connectivity index is 2.27. The predicted molar refractivity (Wildman–Crippen MR) is 43.1 cm³/mol. The molecule has 0 amide bonds. The molecule has 1 nitrogen and oxygen atoms in total. The first kappa shape index (κ1) is 6.45. The summed E-state index contributed by atoms with van der Waals surface area (Å²) in [5.41, 5.74) is 2.15. The third-order valence-electron chi connectivity index (χ3n) is 1.78. The summed E-state index contributed by atoms with van der Waals surface area (Å²) < 4.78 is 5.12. The molecule has 1 aliphatic rings. The van der Waals surface area contributed by atoms with Crippen LogP contribution in [-0.4, -0.2) is 6.61 Å². The predicted octanol–water partition coefficient (Wildman–Crippen LogP) is 1.74. The van der Waals surface area contributed by atoms with Crippen LogP contribution in [0.3, 0.4) is 0 Å². The van der Waals surface area contributed by atoms with Crippen LogP contribution in [0.5, 0.6) is 0 Å². The summed E-state index contributed by atoms with van der Waals surface area (Å²) in [6, 6.07) is 7.92. The van der Waals surface area contributed by atoms with Crippen molar-refractivity contribution < 1.29 is 4.74 Å². The van der Waals surface area contributed by atoms with E-state index in [0.717, 1.165) is 12.2 Å². The molecule has 1 fully saturated rings. The molecular formula is C10H8O. The maximum Gasteiger partial charge on any atom is 0.106 e. The minimum absolute atomic E-state index is 0.335. The van der Waals surface area contributed by atoms with Crippen molar-refractivity contribution in [3.05, 3.63) is 35.4 Å². The summed E-state index contributed by atoms with van der Waals surface area (Å²) in [4.78, 5) is 0. The van der Waals surface area contributed by atoms with Gasteiger partial charge in [0, 0.05) is 5.56 Å². The number of benzene rings is 1. The van der Waals surface area contributed by atoms with E-state index >= 15 is 0 Å². The van der Waals surface area contributed by atoms with Crippen molar-refractivity contribution in [2.24, 2.45) is 0 Å². The van der Waals surface area contributed by atoms with Crippen molar-refractivity contribution in [1.82, 2.24) is 0 Å². The summed E-state index contributed by atoms with van der Waals surface area (Å²) in [6.45, 7) is 0.857. The summed E-state index contributed by atoms with van der Waals surface area (Å²) in [6.07, 6.45) is 5.55. The Labute approximate surface area is 66.0 Å². The Hall–Kier alpha value is -1.26. The first-order valence-electron chi connectivity index (χ1n) is 3.58. The van der Waals surface area contributed by atoms with Gasteiger partial charge >= 0.3 is 0 Å². The molecule has 0 saturated carbocycles. The normalized spacial score (nSPS) is 20.8. The van der Waals surface area contributed by atoms with E-state index in [1.54, 1.807) is 0 Å². The van der Waals surface area contributed by atoms with Gasteiger partial charge in [0.15, 0.2) is 0 Å². The summed E-state index contributed by atoms with van der Waals surface area (Å²) in [7, 11) is 0. The molecule has 1 aromatic rings. The van der Waals surface area contributed by atoms with Crippen molar-refractivity contribution in [2.75, 3.05) is 6.61 Å². The fourth-order valence-electron chi connectivity index (χ4n) is 1.03. The number of terminal acetylenes is 1. The highest BCUT2D eigenvalue weighted by Crippen LogP contribution is 2.29. The van der Waals surface area contributed by atoms with E-state index in [1.807, 2.05) is 24.3 Å². The summed E-state index contributed by atoms with van der Waals surface area (Å²) in [5, 5.41) is 0. The number of hydrogen-bond acceptors (Lipinski definition) is 1. The largest absolute Gasteiger partial charge is 0.368 e. The molecule has 0 bridgehead atoms. The van der Waals surface area contributed by atoms with E-state index in [0.29, 0.717) is 6.10 Å². The van der Waals surface area contributed by atoms with Crippen LogP contribution < -0.4 is 0 Å². The molecule has 0 aliphatic carbocycles. The van der Waals surface area contributed by atoms with Gasteiger partial charge in [-0.25, -0.2) is 0 Å². The number of rotatable bonds is 1. The van der Waals surface area contributed by atoms with Gasteiger partial charge in [-0.05, 0) is 17.7 Å². The van der Waals surface area contributed by atoms with Crippen molar-refractivity contribution in [2.45, 2.75) is 6.10 Å². The minimum Gasteiger partial charge on any atom is -0.368 e. The van der Waals surface area contributed by atoms with Gasteiger partial charge in [0.25, 0.3) is 0 Å². The Morgan fingerprint density at radius 2 is 2.00 bits per heavy atom. The fraction of sp³-hybridized carbons (Fsp3) is 0.200. The van der Waals surface area contributed by atoms with Crippen LogP contribution >= 0.6 is 0 Å². The summed E-state index contributed by atoms with van der Waals surface area (Å²) in [5.74, 6) is 2.57. The highest BCUT2D eigenvalue weighted by molar-refractivity contribution is 5.35. The lowest BCUT2D eigenvalue weighted by molar-refractivity contribution is 0.415. The number of epoxide rings is 1. The molecule has 0 spiro atoms. The standard InChI is InChI=1S/C10H8O/c1-2-8-3-5-9(6-4-8)10-7-11-10/h1,3-6,10H,7H2/t10-/m1/s1. The maximum absolute atomic E-state index is 5.21. The van der Waals surface area contributed by atoms with Crippen molar-refractivity contribution in [1.29, 1.82) is 0 Å². The van der Waals surface area contributed by atoms with Crippen LogP contribution in [0.4, 0.5) is 0 Å². The Bertz CT molecular complexity index is 288. The molecule has 54 valence electrons. The maximum atomic E-state index is 5.21. The third-order valence-corrected chi connectivity index (χ3v) is 1.78. The van der Waals surface area contributed by atoms with Gasteiger partial charge < -0.3 is 4.74 Å². The molecule has 11 heavy (non-hydrogen) atoms. The highest BCUT2D eigenvalue weighted by atomic mass is 16.6. The average molecular weight is 144 g/mol. The Kier molecular flexibility index (Phi) is 1.41. The molecule has 1 heteroatoms.